The first-order valence-corrected chi connectivity index (χ1v) is 17.4. The highest BCUT2D eigenvalue weighted by Crippen LogP contribution is 2.61. The summed E-state index contributed by atoms with van der Waals surface area (Å²) in [6, 6.07) is 7.49. The quantitative estimate of drug-likeness (QED) is 0.102. The summed E-state index contributed by atoms with van der Waals surface area (Å²) in [5.41, 5.74) is -0.579. The van der Waals surface area contributed by atoms with E-state index in [4.69, 9.17) is 9.47 Å². The third-order valence-corrected chi connectivity index (χ3v) is 10.3. The molecular formula is C35H48BrN3O7. The van der Waals surface area contributed by atoms with Gasteiger partial charge in [0.2, 0.25) is 17.7 Å². The van der Waals surface area contributed by atoms with E-state index in [-0.39, 0.29) is 42.1 Å². The van der Waals surface area contributed by atoms with Gasteiger partial charge < -0.3 is 29.7 Å². The van der Waals surface area contributed by atoms with Crippen molar-refractivity contribution >= 4 is 39.6 Å². The van der Waals surface area contributed by atoms with Crippen LogP contribution in [0.3, 0.4) is 0 Å². The Morgan fingerprint density at radius 1 is 1.22 bits per heavy atom. The molecule has 0 radical (unpaired) electrons. The van der Waals surface area contributed by atoms with Crippen molar-refractivity contribution < 1.29 is 33.8 Å². The van der Waals surface area contributed by atoms with Crippen LogP contribution in [0.15, 0.2) is 55.6 Å². The maximum absolute atomic E-state index is 14.5. The Hall–Kier alpha value is -3.02. The number of carbonyl (C=O) groups excluding carboxylic acids is 4. The molecule has 0 aromatic heterocycles. The normalized spacial score (nSPS) is 27.5. The molecule has 2 bridgehead atoms. The molecule has 8 atom stereocenters. The fourth-order valence-corrected chi connectivity index (χ4v) is 8.18. The monoisotopic (exact) mass is 701 g/mol. The zero-order valence-electron chi connectivity index (χ0n) is 26.9. The Labute approximate surface area is 280 Å². The van der Waals surface area contributed by atoms with Crippen LogP contribution in [-0.2, 0) is 28.7 Å². The predicted molar refractivity (Wildman–Crippen MR) is 178 cm³/mol. The largest absolute Gasteiger partial charge is 0.455 e. The number of ether oxygens (including phenoxy) is 2. The smallest absolute Gasteiger partial charge is 0.313 e. The summed E-state index contributed by atoms with van der Waals surface area (Å²) in [5, 5.41) is 13.2. The molecule has 1 unspecified atom stereocenters. The van der Waals surface area contributed by atoms with Gasteiger partial charge in [0.05, 0.1) is 37.1 Å². The summed E-state index contributed by atoms with van der Waals surface area (Å²) < 4.78 is 12.8. The lowest BCUT2D eigenvalue weighted by atomic mass is 9.70. The van der Waals surface area contributed by atoms with Gasteiger partial charge in [-0.2, -0.15) is 0 Å². The molecule has 3 saturated heterocycles. The number of unbranched alkanes of at least 4 members (excludes halogenated alkanes) is 2. The number of allylic oxidation sites excluding steroid dienone is 1. The molecule has 1 aromatic carbocycles. The van der Waals surface area contributed by atoms with Crippen molar-refractivity contribution in [1.82, 2.24) is 15.1 Å². The van der Waals surface area contributed by atoms with E-state index >= 15 is 0 Å². The maximum atomic E-state index is 14.5. The number of hydrogen-bond acceptors (Lipinski definition) is 7. The van der Waals surface area contributed by atoms with E-state index in [9.17, 15) is 24.3 Å². The van der Waals surface area contributed by atoms with Gasteiger partial charge in [0.25, 0.3) is 0 Å². The van der Waals surface area contributed by atoms with Crippen LogP contribution in [0.5, 0.6) is 0 Å². The van der Waals surface area contributed by atoms with Crippen LogP contribution in [0.2, 0.25) is 0 Å². The summed E-state index contributed by atoms with van der Waals surface area (Å²) in [5.74, 6) is -3.42. The zero-order chi connectivity index (χ0) is 33.4. The molecule has 2 N–H and O–H groups in total. The minimum atomic E-state index is -1.27. The van der Waals surface area contributed by atoms with E-state index in [1.807, 2.05) is 37.3 Å². The van der Waals surface area contributed by atoms with Gasteiger partial charge >= 0.3 is 5.97 Å². The van der Waals surface area contributed by atoms with Crippen molar-refractivity contribution in [3.05, 3.63) is 61.2 Å². The summed E-state index contributed by atoms with van der Waals surface area (Å²) in [4.78, 5) is 58.4. The van der Waals surface area contributed by atoms with Crippen molar-refractivity contribution in [2.75, 3.05) is 26.2 Å². The number of benzene rings is 1. The molecule has 3 aliphatic rings. The van der Waals surface area contributed by atoms with Gasteiger partial charge in [0, 0.05) is 24.3 Å². The number of hydrogen-bond donors (Lipinski definition) is 2. The Kier molecular flexibility index (Phi) is 12.6. The number of rotatable bonds is 18. The summed E-state index contributed by atoms with van der Waals surface area (Å²) in [6.45, 7) is 12.0. The molecule has 3 aliphatic heterocycles. The molecule has 252 valence electrons. The van der Waals surface area contributed by atoms with Crippen LogP contribution in [0.25, 0.3) is 0 Å². The lowest BCUT2D eigenvalue weighted by Gasteiger charge is -2.39. The third-order valence-electron chi connectivity index (χ3n) is 9.49. The number of alkyl halides is 1. The van der Waals surface area contributed by atoms with E-state index in [1.165, 1.54) is 4.90 Å². The number of esters is 1. The number of aliphatic hydroxyl groups is 1. The number of halogens is 1. The Morgan fingerprint density at radius 3 is 2.59 bits per heavy atom. The minimum absolute atomic E-state index is 0.0510. The number of carbonyl (C=O) groups is 4. The number of aliphatic hydroxyl groups excluding tert-OH is 1. The highest BCUT2D eigenvalue weighted by atomic mass is 79.9. The van der Waals surface area contributed by atoms with Crippen molar-refractivity contribution in [3.8, 4) is 0 Å². The Morgan fingerprint density at radius 2 is 1.96 bits per heavy atom. The van der Waals surface area contributed by atoms with E-state index in [1.54, 1.807) is 17.1 Å². The molecular weight excluding hydrogens is 654 g/mol. The van der Waals surface area contributed by atoms with Gasteiger partial charge in [-0.3, -0.25) is 19.2 Å². The second kappa shape index (κ2) is 16.2. The SMILES string of the molecule is C=CCCC(=O)NC[C@H](OC(=O)[C@@H]1[C@H]2O[C@@]3(CC2Br)[C@H](C(=O)N(CC=C)CCCCC)N([C@@H](CC)CO)C(=O)[C@@H]13)c1ccccc1. The molecule has 3 amide bonds. The fraction of sp³-hybridized carbons (Fsp3) is 0.600. The molecule has 11 heteroatoms. The van der Waals surface area contributed by atoms with Gasteiger partial charge in [0.15, 0.2) is 0 Å². The molecule has 3 heterocycles. The van der Waals surface area contributed by atoms with Gasteiger partial charge in [-0.15, -0.1) is 13.2 Å². The Bertz CT molecular complexity index is 1260. The molecule has 10 nitrogen and oxygen atoms in total. The molecule has 4 rings (SSSR count). The average molecular weight is 703 g/mol. The van der Waals surface area contributed by atoms with Crippen molar-refractivity contribution in [1.29, 1.82) is 0 Å². The lowest BCUT2D eigenvalue weighted by Crippen LogP contribution is -2.59. The topological polar surface area (TPSA) is 125 Å². The number of likely N-dealkylation sites (tertiary alicyclic amines) is 1. The van der Waals surface area contributed by atoms with E-state index in [2.05, 4.69) is 41.3 Å². The molecule has 0 aliphatic carbocycles. The lowest BCUT2D eigenvalue weighted by molar-refractivity contribution is -0.161. The van der Waals surface area contributed by atoms with Gasteiger partial charge in [-0.1, -0.05) is 85.1 Å². The summed E-state index contributed by atoms with van der Waals surface area (Å²) in [6.07, 6.45) is 6.12. The van der Waals surface area contributed by atoms with Crippen LogP contribution < -0.4 is 5.32 Å². The Balaban J connectivity index is 1.67. The number of nitrogens with zero attached hydrogens (tertiary/aromatic N) is 2. The first-order chi connectivity index (χ1) is 22.2. The van der Waals surface area contributed by atoms with Crippen molar-refractivity contribution in [2.45, 2.75) is 93.5 Å². The predicted octanol–water partition coefficient (Wildman–Crippen LogP) is 4.08. The zero-order valence-corrected chi connectivity index (χ0v) is 28.5. The van der Waals surface area contributed by atoms with Crippen LogP contribution in [-0.4, -0.2) is 93.5 Å². The third kappa shape index (κ3) is 7.11. The number of fused-ring (bicyclic) bond motifs is 1. The second-order valence-corrected chi connectivity index (χ2v) is 13.6. The highest BCUT2D eigenvalue weighted by Gasteiger charge is 2.77. The first-order valence-electron chi connectivity index (χ1n) is 16.5. The number of nitrogens with one attached hydrogen (secondary N) is 1. The van der Waals surface area contributed by atoms with Gasteiger partial charge in [0.1, 0.15) is 17.7 Å². The maximum Gasteiger partial charge on any atom is 0.313 e. The minimum Gasteiger partial charge on any atom is -0.455 e. The van der Waals surface area contributed by atoms with Gasteiger partial charge in [-0.25, -0.2) is 0 Å². The molecule has 46 heavy (non-hydrogen) atoms. The second-order valence-electron chi connectivity index (χ2n) is 12.4. The summed E-state index contributed by atoms with van der Waals surface area (Å²) >= 11 is 3.71. The highest BCUT2D eigenvalue weighted by molar-refractivity contribution is 9.09. The molecule has 0 saturated carbocycles. The average Bonchev–Trinajstić information content (AvgIpc) is 3.65. The number of amides is 3. The first kappa shape index (κ1) is 35.8. The summed E-state index contributed by atoms with van der Waals surface area (Å²) in [7, 11) is 0. The van der Waals surface area contributed by atoms with Crippen molar-refractivity contribution in [2.24, 2.45) is 11.8 Å². The van der Waals surface area contributed by atoms with Crippen LogP contribution >= 0.6 is 15.9 Å². The fourth-order valence-electron chi connectivity index (χ4n) is 7.24. The van der Waals surface area contributed by atoms with Crippen LogP contribution in [0.4, 0.5) is 0 Å². The van der Waals surface area contributed by atoms with E-state index in [0.717, 1.165) is 19.3 Å². The molecule has 3 fully saturated rings. The van der Waals surface area contributed by atoms with Gasteiger partial charge in [-0.05, 0) is 31.2 Å². The van der Waals surface area contributed by atoms with Crippen LogP contribution in [0, 0.1) is 11.8 Å². The molecule has 1 aromatic rings. The van der Waals surface area contributed by atoms with E-state index in [0.29, 0.717) is 37.9 Å². The standard InChI is InChI=1S/C35H48BrN3O7/c1-5-9-14-19-38(18-7-3)33(43)31-35-20-25(36)30(46-35)28(29(35)32(42)39(31)24(8-4)22-40)34(44)45-26(23-15-12-11-13-16-23)21-37-27(41)17-10-6-2/h6-7,11-13,15-16,24-26,28-31,40H,2-3,5,8-10,14,17-22H2,1,4H3,(H,37,41)/t24-,25?,26-,28-,29+,30-,31-,35+/m0/s1. The van der Waals surface area contributed by atoms with E-state index < -0.39 is 47.7 Å². The van der Waals surface area contributed by atoms with Crippen LogP contribution in [0.1, 0.15) is 70.5 Å². The van der Waals surface area contributed by atoms with Crippen molar-refractivity contribution in [3.63, 3.8) is 0 Å². The molecule has 1 spiro atoms.